The number of thiophene rings is 1. The summed E-state index contributed by atoms with van der Waals surface area (Å²) in [6.45, 7) is 0. The maximum absolute atomic E-state index is 12.6. The molecule has 134 valence electrons. The maximum Gasteiger partial charge on any atom is 0.265 e. The number of carbonyl (C=O) groups is 1. The highest BCUT2D eigenvalue weighted by molar-refractivity contribution is 7.93. The van der Waals surface area contributed by atoms with Gasteiger partial charge in [-0.05, 0) is 42.5 Å². The molecule has 0 spiro atoms. The van der Waals surface area contributed by atoms with Gasteiger partial charge in [-0.3, -0.25) is 4.79 Å². The quantitative estimate of drug-likeness (QED) is 0.676. The minimum Gasteiger partial charge on any atom is -0.495 e. The van der Waals surface area contributed by atoms with Gasteiger partial charge >= 0.3 is 0 Å². The second kappa shape index (κ2) is 7.49. The van der Waals surface area contributed by atoms with Gasteiger partial charge in [0.25, 0.3) is 5.91 Å². The molecule has 0 atom stereocenters. The summed E-state index contributed by atoms with van der Waals surface area (Å²) in [5.41, 5.74) is 0.488. The number of anilines is 1. The molecule has 0 unspecified atom stereocenters. The van der Waals surface area contributed by atoms with Gasteiger partial charge in [-0.2, -0.15) is 0 Å². The molecular formula is C18H14ClNO4S2. The molecule has 26 heavy (non-hydrogen) atoms. The monoisotopic (exact) mass is 407 g/mol. The van der Waals surface area contributed by atoms with Crippen LogP contribution in [-0.2, 0) is 9.84 Å². The van der Waals surface area contributed by atoms with Crippen LogP contribution in [0.4, 0.5) is 5.69 Å². The average Bonchev–Trinajstić information content (AvgIpc) is 3.14. The standard InChI is InChI=1S/C18H14ClNO4S2/c1-24-15-8-7-12(11-14(15)19)20-18(21)16-9-10-17(25-16)26(22,23)13-5-3-2-4-6-13/h2-11H,1H3,(H,20,21). The number of ether oxygens (including phenoxy) is 1. The Bertz CT molecular complexity index is 1050. The number of hydrogen-bond donors (Lipinski definition) is 1. The molecule has 0 saturated carbocycles. The van der Waals surface area contributed by atoms with Gasteiger partial charge in [0.05, 0.1) is 21.9 Å². The third-order valence-corrected chi connectivity index (χ3v) is 7.17. The molecule has 0 aliphatic rings. The highest BCUT2D eigenvalue weighted by Gasteiger charge is 2.21. The van der Waals surface area contributed by atoms with E-state index >= 15 is 0 Å². The molecule has 0 saturated heterocycles. The predicted octanol–water partition coefficient (Wildman–Crippen LogP) is 4.50. The summed E-state index contributed by atoms with van der Waals surface area (Å²) >= 11 is 6.95. The van der Waals surface area contributed by atoms with Gasteiger partial charge in [-0.25, -0.2) is 8.42 Å². The number of halogens is 1. The van der Waals surface area contributed by atoms with Crippen molar-refractivity contribution in [1.29, 1.82) is 0 Å². The SMILES string of the molecule is COc1ccc(NC(=O)c2ccc(S(=O)(=O)c3ccccc3)s2)cc1Cl. The summed E-state index contributed by atoms with van der Waals surface area (Å²) < 4.78 is 30.4. The third kappa shape index (κ3) is 3.75. The van der Waals surface area contributed by atoms with Crippen molar-refractivity contribution in [3.8, 4) is 5.75 Å². The molecule has 2 aromatic carbocycles. The third-order valence-electron chi connectivity index (χ3n) is 3.53. The fraction of sp³-hybridized carbons (Fsp3) is 0.0556. The predicted molar refractivity (Wildman–Crippen MR) is 102 cm³/mol. The second-order valence-corrected chi connectivity index (χ2v) is 8.91. The van der Waals surface area contributed by atoms with Crippen LogP contribution < -0.4 is 10.1 Å². The molecule has 3 rings (SSSR count). The van der Waals surface area contributed by atoms with Crippen molar-refractivity contribution in [3.05, 3.63) is 70.6 Å². The normalized spacial score (nSPS) is 11.2. The van der Waals surface area contributed by atoms with Crippen molar-refractivity contribution in [2.75, 3.05) is 12.4 Å². The fourth-order valence-electron chi connectivity index (χ4n) is 2.24. The van der Waals surface area contributed by atoms with Crippen molar-refractivity contribution >= 4 is 44.4 Å². The second-order valence-electron chi connectivity index (χ2n) is 5.24. The van der Waals surface area contributed by atoms with E-state index in [1.54, 1.807) is 36.4 Å². The number of benzene rings is 2. The Balaban J connectivity index is 1.81. The van der Waals surface area contributed by atoms with Crippen molar-refractivity contribution in [2.24, 2.45) is 0 Å². The molecule has 0 radical (unpaired) electrons. The lowest BCUT2D eigenvalue weighted by Gasteiger charge is -2.07. The first-order chi connectivity index (χ1) is 12.4. The molecule has 5 nitrogen and oxygen atoms in total. The van der Waals surface area contributed by atoms with Crippen LogP contribution in [0.5, 0.6) is 5.75 Å². The molecular weight excluding hydrogens is 394 g/mol. The van der Waals surface area contributed by atoms with Crippen LogP contribution in [0.3, 0.4) is 0 Å². The Kier molecular flexibility index (Phi) is 5.31. The topological polar surface area (TPSA) is 72.5 Å². The Labute approximate surface area is 160 Å². The van der Waals surface area contributed by atoms with Crippen LogP contribution in [0.1, 0.15) is 9.67 Å². The van der Waals surface area contributed by atoms with E-state index in [0.29, 0.717) is 16.5 Å². The first-order valence-electron chi connectivity index (χ1n) is 7.46. The van der Waals surface area contributed by atoms with Gasteiger partial charge in [0.15, 0.2) is 0 Å². The van der Waals surface area contributed by atoms with Crippen LogP contribution in [0.2, 0.25) is 5.02 Å². The van der Waals surface area contributed by atoms with Crippen LogP contribution in [0.25, 0.3) is 0 Å². The molecule has 1 heterocycles. The Morgan fingerprint density at radius 1 is 1.08 bits per heavy atom. The van der Waals surface area contributed by atoms with E-state index in [1.165, 1.54) is 31.4 Å². The molecule has 0 bridgehead atoms. The van der Waals surface area contributed by atoms with Gasteiger partial charge < -0.3 is 10.1 Å². The lowest BCUT2D eigenvalue weighted by molar-refractivity contribution is 0.103. The lowest BCUT2D eigenvalue weighted by atomic mass is 10.3. The molecule has 1 aromatic heterocycles. The van der Waals surface area contributed by atoms with Gasteiger partial charge in [-0.1, -0.05) is 29.8 Å². The number of sulfone groups is 1. The number of rotatable bonds is 5. The van der Waals surface area contributed by atoms with Gasteiger partial charge in [0, 0.05) is 5.69 Å². The van der Waals surface area contributed by atoms with E-state index in [-0.39, 0.29) is 14.0 Å². The largest absolute Gasteiger partial charge is 0.495 e. The zero-order valence-corrected chi connectivity index (χ0v) is 16.0. The highest BCUT2D eigenvalue weighted by Crippen LogP contribution is 2.30. The van der Waals surface area contributed by atoms with E-state index in [0.717, 1.165) is 11.3 Å². The van der Waals surface area contributed by atoms with Crippen molar-refractivity contribution < 1.29 is 17.9 Å². The summed E-state index contributed by atoms with van der Waals surface area (Å²) in [5, 5.41) is 3.06. The number of carbonyl (C=O) groups excluding carboxylic acids is 1. The first-order valence-corrected chi connectivity index (χ1v) is 10.1. The summed E-state index contributed by atoms with van der Waals surface area (Å²) in [4.78, 5) is 12.9. The van der Waals surface area contributed by atoms with Crippen LogP contribution in [0, 0.1) is 0 Å². The summed E-state index contributed by atoms with van der Waals surface area (Å²) in [5.74, 6) is 0.0859. The summed E-state index contributed by atoms with van der Waals surface area (Å²) in [6.07, 6.45) is 0. The Hall–Kier alpha value is -2.35. The average molecular weight is 408 g/mol. The number of nitrogens with one attached hydrogen (secondary N) is 1. The van der Waals surface area contributed by atoms with Crippen molar-refractivity contribution in [3.63, 3.8) is 0 Å². The zero-order chi connectivity index (χ0) is 18.7. The van der Waals surface area contributed by atoms with E-state index < -0.39 is 15.7 Å². The maximum atomic E-state index is 12.6. The van der Waals surface area contributed by atoms with Gasteiger partial charge in [0.2, 0.25) is 9.84 Å². The van der Waals surface area contributed by atoms with E-state index in [2.05, 4.69) is 5.32 Å². The van der Waals surface area contributed by atoms with Crippen LogP contribution in [-0.4, -0.2) is 21.4 Å². The van der Waals surface area contributed by atoms with Gasteiger partial charge in [-0.15, -0.1) is 11.3 Å². The number of amides is 1. The Morgan fingerprint density at radius 2 is 1.81 bits per heavy atom. The minimum atomic E-state index is -3.64. The first kappa shape index (κ1) is 18.4. The molecule has 1 amide bonds. The summed E-state index contributed by atoms with van der Waals surface area (Å²) in [6, 6.07) is 15.9. The number of hydrogen-bond acceptors (Lipinski definition) is 5. The molecule has 0 aliphatic carbocycles. The van der Waals surface area contributed by atoms with Gasteiger partial charge in [0.1, 0.15) is 9.96 Å². The van der Waals surface area contributed by atoms with E-state index in [4.69, 9.17) is 16.3 Å². The fourth-order valence-corrected chi connectivity index (χ4v) is 5.12. The van der Waals surface area contributed by atoms with E-state index in [9.17, 15) is 13.2 Å². The van der Waals surface area contributed by atoms with Crippen LogP contribution >= 0.6 is 22.9 Å². The molecule has 0 aliphatic heterocycles. The number of methoxy groups -OCH3 is 1. The molecule has 1 N–H and O–H groups in total. The Morgan fingerprint density at radius 3 is 2.46 bits per heavy atom. The van der Waals surface area contributed by atoms with E-state index in [1.807, 2.05) is 0 Å². The molecule has 3 aromatic rings. The molecule has 0 fully saturated rings. The van der Waals surface area contributed by atoms with Crippen LogP contribution in [0.15, 0.2) is 69.8 Å². The highest BCUT2D eigenvalue weighted by atomic mass is 35.5. The van der Waals surface area contributed by atoms with Crippen molar-refractivity contribution in [2.45, 2.75) is 9.10 Å². The zero-order valence-electron chi connectivity index (χ0n) is 13.6. The smallest absolute Gasteiger partial charge is 0.265 e. The summed E-state index contributed by atoms with van der Waals surface area (Å²) in [7, 11) is -2.14. The lowest BCUT2D eigenvalue weighted by Crippen LogP contribution is -2.10. The van der Waals surface area contributed by atoms with Crippen molar-refractivity contribution in [1.82, 2.24) is 0 Å². The minimum absolute atomic E-state index is 0.113. The molecule has 8 heteroatoms.